The lowest BCUT2D eigenvalue weighted by Crippen LogP contribution is -1.95. The fourth-order valence-electron chi connectivity index (χ4n) is 2.05. The highest BCUT2D eigenvalue weighted by Gasteiger charge is 2.11. The molecule has 0 saturated carbocycles. The van der Waals surface area contributed by atoms with E-state index >= 15 is 0 Å². The average Bonchev–Trinajstić information content (AvgIpc) is 2.89. The fraction of sp³-hybridized carbons (Fsp3) is 0.125. The molecule has 2 aromatic carbocycles. The van der Waals surface area contributed by atoms with Crippen molar-refractivity contribution in [2.24, 2.45) is 7.05 Å². The van der Waals surface area contributed by atoms with E-state index < -0.39 is 0 Å². The van der Waals surface area contributed by atoms with Crippen molar-refractivity contribution < 1.29 is 4.39 Å². The Bertz CT molecular complexity index is 766. The number of benzene rings is 2. The average molecular weight is 314 g/mol. The van der Waals surface area contributed by atoms with Crippen molar-refractivity contribution in [3.05, 3.63) is 59.9 Å². The van der Waals surface area contributed by atoms with Crippen LogP contribution in [0.25, 0.3) is 11.4 Å². The summed E-state index contributed by atoms with van der Waals surface area (Å²) in [7, 11) is 1.93. The molecule has 22 heavy (non-hydrogen) atoms. The molecule has 0 unspecified atom stereocenters. The molecule has 0 amide bonds. The monoisotopic (exact) mass is 314 g/mol. The molecule has 0 aliphatic rings. The van der Waals surface area contributed by atoms with Crippen LogP contribution in [0.1, 0.15) is 5.56 Å². The Morgan fingerprint density at radius 2 is 1.73 bits per heavy atom. The molecule has 1 aromatic heterocycles. The van der Waals surface area contributed by atoms with E-state index in [2.05, 4.69) is 10.2 Å². The number of nitrogens with two attached hydrogens (primary N) is 1. The number of nitrogens with zero attached hydrogens (tertiary/aromatic N) is 3. The lowest BCUT2D eigenvalue weighted by Gasteiger charge is -2.04. The molecule has 0 aliphatic heterocycles. The van der Waals surface area contributed by atoms with E-state index in [0.29, 0.717) is 5.75 Å². The van der Waals surface area contributed by atoms with Crippen molar-refractivity contribution in [3.8, 4) is 11.4 Å². The third-order valence-electron chi connectivity index (χ3n) is 3.28. The van der Waals surface area contributed by atoms with Crippen LogP contribution < -0.4 is 5.73 Å². The van der Waals surface area contributed by atoms with Gasteiger partial charge in [0.05, 0.1) is 0 Å². The van der Waals surface area contributed by atoms with Gasteiger partial charge in [0.15, 0.2) is 11.0 Å². The summed E-state index contributed by atoms with van der Waals surface area (Å²) in [6.45, 7) is 0. The van der Waals surface area contributed by atoms with E-state index in [0.717, 1.165) is 27.8 Å². The summed E-state index contributed by atoms with van der Waals surface area (Å²) >= 11 is 1.57. The van der Waals surface area contributed by atoms with Crippen molar-refractivity contribution in [2.75, 3.05) is 5.73 Å². The summed E-state index contributed by atoms with van der Waals surface area (Å²) in [4.78, 5) is 0. The number of rotatable bonds is 4. The maximum absolute atomic E-state index is 12.9. The lowest BCUT2D eigenvalue weighted by atomic mass is 10.2. The maximum atomic E-state index is 12.9. The van der Waals surface area contributed by atoms with Crippen LogP contribution in [0.3, 0.4) is 0 Å². The normalized spacial score (nSPS) is 10.8. The van der Waals surface area contributed by atoms with E-state index in [1.807, 2.05) is 35.9 Å². The van der Waals surface area contributed by atoms with Gasteiger partial charge in [-0.3, -0.25) is 0 Å². The maximum Gasteiger partial charge on any atom is 0.191 e. The second kappa shape index (κ2) is 6.19. The quantitative estimate of drug-likeness (QED) is 0.591. The number of hydrogen-bond acceptors (Lipinski definition) is 4. The zero-order valence-corrected chi connectivity index (χ0v) is 12.8. The number of anilines is 1. The Morgan fingerprint density at radius 1 is 1.05 bits per heavy atom. The standard InChI is InChI=1S/C16H15FN4S/c1-21-15(12-4-8-14(18)9-5-12)19-20-16(21)22-10-11-2-6-13(17)7-3-11/h2-9H,10,18H2,1H3. The molecule has 0 bridgehead atoms. The number of thioether (sulfide) groups is 1. The molecule has 1 heterocycles. The minimum absolute atomic E-state index is 0.224. The number of aromatic nitrogens is 3. The molecule has 0 spiro atoms. The first-order valence-corrected chi connectivity index (χ1v) is 7.74. The Labute approximate surface area is 132 Å². The van der Waals surface area contributed by atoms with Crippen LogP contribution in [-0.4, -0.2) is 14.8 Å². The van der Waals surface area contributed by atoms with Gasteiger partial charge in [-0.25, -0.2) is 4.39 Å². The SMILES string of the molecule is Cn1c(SCc2ccc(F)cc2)nnc1-c1ccc(N)cc1. The van der Waals surface area contributed by atoms with Crippen LogP contribution in [-0.2, 0) is 12.8 Å². The molecule has 6 heteroatoms. The van der Waals surface area contributed by atoms with Crippen LogP contribution >= 0.6 is 11.8 Å². The summed E-state index contributed by atoms with van der Waals surface area (Å²) in [5, 5.41) is 9.27. The molecule has 4 nitrogen and oxygen atoms in total. The molecule has 3 rings (SSSR count). The summed E-state index contributed by atoms with van der Waals surface area (Å²) in [5.41, 5.74) is 8.43. The van der Waals surface area contributed by atoms with E-state index in [4.69, 9.17) is 5.73 Å². The number of nitrogen functional groups attached to an aromatic ring is 1. The van der Waals surface area contributed by atoms with Gasteiger partial charge in [0.2, 0.25) is 0 Å². The van der Waals surface area contributed by atoms with Gasteiger partial charge >= 0.3 is 0 Å². The first-order chi connectivity index (χ1) is 10.6. The van der Waals surface area contributed by atoms with Gasteiger partial charge in [0, 0.05) is 24.1 Å². The summed E-state index contributed by atoms with van der Waals surface area (Å²) in [5.74, 6) is 1.29. The van der Waals surface area contributed by atoms with E-state index in [9.17, 15) is 4.39 Å². The van der Waals surface area contributed by atoms with Crippen molar-refractivity contribution >= 4 is 17.4 Å². The molecule has 0 radical (unpaired) electrons. The van der Waals surface area contributed by atoms with E-state index in [-0.39, 0.29) is 5.82 Å². The van der Waals surface area contributed by atoms with Crippen LogP contribution in [0.4, 0.5) is 10.1 Å². The van der Waals surface area contributed by atoms with Crippen molar-refractivity contribution in [1.29, 1.82) is 0 Å². The van der Waals surface area contributed by atoms with Gasteiger partial charge in [0.1, 0.15) is 5.82 Å². The van der Waals surface area contributed by atoms with E-state index in [1.54, 1.807) is 23.9 Å². The Morgan fingerprint density at radius 3 is 2.41 bits per heavy atom. The zero-order chi connectivity index (χ0) is 15.5. The third-order valence-corrected chi connectivity index (χ3v) is 4.38. The molecular weight excluding hydrogens is 299 g/mol. The summed E-state index contributed by atoms with van der Waals surface area (Å²) in [6.07, 6.45) is 0. The van der Waals surface area contributed by atoms with Crippen molar-refractivity contribution in [3.63, 3.8) is 0 Å². The molecule has 2 N–H and O–H groups in total. The van der Waals surface area contributed by atoms with Gasteiger partial charge in [-0.1, -0.05) is 23.9 Å². The molecule has 0 aliphatic carbocycles. The second-order valence-corrected chi connectivity index (χ2v) is 5.84. The zero-order valence-electron chi connectivity index (χ0n) is 12.0. The number of hydrogen-bond donors (Lipinski definition) is 1. The smallest absolute Gasteiger partial charge is 0.191 e. The van der Waals surface area contributed by atoms with E-state index in [1.165, 1.54) is 12.1 Å². The fourth-order valence-corrected chi connectivity index (χ4v) is 2.92. The number of halogens is 1. The first kappa shape index (κ1) is 14.6. The van der Waals surface area contributed by atoms with Crippen LogP contribution in [0.2, 0.25) is 0 Å². The minimum Gasteiger partial charge on any atom is -0.399 e. The highest BCUT2D eigenvalue weighted by molar-refractivity contribution is 7.98. The van der Waals surface area contributed by atoms with Gasteiger partial charge in [-0.05, 0) is 42.0 Å². The van der Waals surface area contributed by atoms with Crippen molar-refractivity contribution in [1.82, 2.24) is 14.8 Å². The molecule has 112 valence electrons. The second-order valence-electron chi connectivity index (χ2n) is 4.90. The third kappa shape index (κ3) is 3.12. The van der Waals surface area contributed by atoms with Gasteiger partial charge in [0.25, 0.3) is 0 Å². The highest BCUT2D eigenvalue weighted by atomic mass is 32.2. The Balaban J connectivity index is 1.75. The van der Waals surface area contributed by atoms with Crippen LogP contribution in [0.15, 0.2) is 53.7 Å². The molecular formula is C16H15FN4S. The molecule has 3 aromatic rings. The minimum atomic E-state index is -0.224. The van der Waals surface area contributed by atoms with Crippen LogP contribution in [0.5, 0.6) is 0 Å². The topological polar surface area (TPSA) is 56.7 Å². The van der Waals surface area contributed by atoms with Crippen LogP contribution in [0, 0.1) is 5.82 Å². The van der Waals surface area contributed by atoms with Gasteiger partial charge in [-0.2, -0.15) is 0 Å². The summed E-state index contributed by atoms with van der Waals surface area (Å²) < 4.78 is 14.8. The lowest BCUT2D eigenvalue weighted by molar-refractivity contribution is 0.627. The molecule has 0 atom stereocenters. The molecule has 0 saturated heterocycles. The molecule has 0 fully saturated rings. The van der Waals surface area contributed by atoms with Crippen molar-refractivity contribution in [2.45, 2.75) is 10.9 Å². The first-order valence-electron chi connectivity index (χ1n) is 6.76. The predicted molar refractivity (Wildman–Crippen MR) is 86.8 cm³/mol. The highest BCUT2D eigenvalue weighted by Crippen LogP contribution is 2.25. The Kier molecular flexibility index (Phi) is 4.11. The largest absolute Gasteiger partial charge is 0.399 e. The Hall–Kier alpha value is -2.34. The predicted octanol–water partition coefficient (Wildman–Crippen LogP) is 3.50. The van der Waals surface area contributed by atoms with Gasteiger partial charge < -0.3 is 10.3 Å². The summed E-state index contributed by atoms with van der Waals surface area (Å²) in [6, 6.07) is 14.0. The van der Waals surface area contributed by atoms with Gasteiger partial charge in [-0.15, -0.1) is 10.2 Å².